The maximum atomic E-state index is 14.8. The Balaban J connectivity index is 1.76. The van der Waals surface area contributed by atoms with Gasteiger partial charge in [0.25, 0.3) is 11.5 Å². The SMILES string of the molecule is CC(=O)Nc1cccc(C2C(=O)N(C3CC3)C(=O)c3c2c(C)c(=O)n(C)c3Nc2ccc(C)cc2F)c1. The minimum Gasteiger partial charge on any atom is -0.338 e. The molecule has 2 N–H and O–H groups in total. The molecule has 1 aromatic heterocycles. The molecule has 1 aliphatic heterocycles. The molecule has 1 atom stereocenters. The van der Waals surface area contributed by atoms with Crippen LogP contribution in [0.1, 0.15) is 58.3 Å². The van der Waals surface area contributed by atoms with Gasteiger partial charge in [-0.3, -0.25) is 28.6 Å². The zero-order valence-corrected chi connectivity index (χ0v) is 21.0. The molecule has 5 rings (SSSR count). The molecule has 1 aliphatic carbocycles. The first kappa shape index (κ1) is 24.4. The van der Waals surface area contributed by atoms with E-state index in [2.05, 4.69) is 10.6 Å². The van der Waals surface area contributed by atoms with Crippen LogP contribution < -0.4 is 16.2 Å². The molecule has 1 fully saturated rings. The number of aromatic nitrogens is 1. The zero-order valence-electron chi connectivity index (χ0n) is 21.0. The maximum absolute atomic E-state index is 14.8. The third-order valence-electron chi connectivity index (χ3n) is 6.91. The van der Waals surface area contributed by atoms with E-state index in [1.54, 1.807) is 50.2 Å². The second-order valence-corrected chi connectivity index (χ2v) is 9.72. The highest BCUT2D eigenvalue weighted by molar-refractivity contribution is 6.15. The summed E-state index contributed by atoms with van der Waals surface area (Å²) in [4.78, 5) is 54.0. The summed E-state index contributed by atoms with van der Waals surface area (Å²) in [6.45, 7) is 4.74. The predicted octanol–water partition coefficient (Wildman–Crippen LogP) is 4.12. The average molecular weight is 503 g/mol. The number of imide groups is 1. The van der Waals surface area contributed by atoms with Gasteiger partial charge in [0.05, 0.1) is 17.2 Å². The highest BCUT2D eigenvalue weighted by atomic mass is 19.1. The number of fused-ring (bicyclic) bond motifs is 1. The molecule has 0 spiro atoms. The molecule has 0 radical (unpaired) electrons. The number of amides is 3. The second kappa shape index (κ2) is 8.99. The fourth-order valence-electron chi connectivity index (χ4n) is 4.99. The first-order valence-corrected chi connectivity index (χ1v) is 12.1. The van der Waals surface area contributed by atoms with Gasteiger partial charge in [-0.05, 0) is 67.6 Å². The number of halogens is 1. The monoisotopic (exact) mass is 502 g/mol. The van der Waals surface area contributed by atoms with Gasteiger partial charge in [0, 0.05) is 31.3 Å². The van der Waals surface area contributed by atoms with E-state index in [-0.39, 0.29) is 34.6 Å². The minimum atomic E-state index is -0.945. The summed E-state index contributed by atoms with van der Waals surface area (Å²) in [6, 6.07) is 11.2. The van der Waals surface area contributed by atoms with Crippen molar-refractivity contribution in [3.63, 3.8) is 0 Å². The summed E-state index contributed by atoms with van der Waals surface area (Å²) < 4.78 is 16.1. The number of aryl methyl sites for hydroxylation is 1. The van der Waals surface area contributed by atoms with Crippen LogP contribution in [0.4, 0.5) is 21.6 Å². The van der Waals surface area contributed by atoms with E-state index < -0.39 is 29.1 Å². The molecule has 0 saturated heterocycles. The van der Waals surface area contributed by atoms with Gasteiger partial charge in [-0.2, -0.15) is 0 Å². The standard InChI is InChI=1S/C28H27FN4O4/c1-14-8-11-21(20(29)12-14)31-25-24-22(15(2)26(35)32(25)4)23(27(36)33(28(24)37)19-9-10-19)17-6-5-7-18(13-17)30-16(3)34/h5-8,11-13,19,23,31H,9-10H2,1-4H3,(H,30,34). The third kappa shape index (κ3) is 4.20. The lowest BCUT2D eigenvalue weighted by Gasteiger charge is -2.35. The summed E-state index contributed by atoms with van der Waals surface area (Å²) in [6.07, 6.45) is 1.40. The Morgan fingerprint density at radius 3 is 2.43 bits per heavy atom. The number of pyridine rings is 1. The molecule has 190 valence electrons. The normalized spacial score (nSPS) is 17.0. The number of carbonyl (C=O) groups excluding carboxylic acids is 3. The van der Waals surface area contributed by atoms with Crippen LogP contribution in [-0.4, -0.2) is 33.2 Å². The number of anilines is 3. The van der Waals surface area contributed by atoms with Crippen molar-refractivity contribution >= 4 is 34.9 Å². The lowest BCUT2D eigenvalue weighted by Crippen LogP contribution is -2.48. The Labute approximate surface area is 213 Å². The summed E-state index contributed by atoms with van der Waals surface area (Å²) >= 11 is 0. The average Bonchev–Trinajstić information content (AvgIpc) is 3.67. The van der Waals surface area contributed by atoms with Crippen LogP contribution in [0.3, 0.4) is 0 Å². The van der Waals surface area contributed by atoms with E-state index in [0.29, 0.717) is 29.7 Å². The van der Waals surface area contributed by atoms with Crippen molar-refractivity contribution in [2.24, 2.45) is 7.05 Å². The third-order valence-corrected chi connectivity index (χ3v) is 6.91. The van der Waals surface area contributed by atoms with Crippen molar-refractivity contribution in [1.29, 1.82) is 0 Å². The van der Waals surface area contributed by atoms with Crippen molar-refractivity contribution < 1.29 is 18.8 Å². The largest absolute Gasteiger partial charge is 0.338 e. The van der Waals surface area contributed by atoms with Crippen LogP contribution in [0.5, 0.6) is 0 Å². The van der Waals surface area contributed by atoms with E-state index in [0.717, 1.165) is 5.56 Å². The fourth-order valence-corrected chi connectivity index (χ4v) is 4.99. The van der Waals surface area contributed by atoms with Gasteiger partial charge in [0.1, 0.15) is 11.6 Å². The van der Waals surface area contributed by atoms with Crippen LogP contribution in [-0.2, 0) is 16.6 Å². The molecular weight excluding hydrogens is 475 g/mol. The Bertz CT molecular complexity index is 1540. The number of hydrogen-bond acceptors (Lipinski definition) is 5. The van der Waals surface area contributed by atoms with Crippen molar-refractivity contribution in [3.8, 4) is 0 Å². The zero-order chi connectivity index (χ0) is 26.6. The van der Waals surface area contributed by atoms with Gasteiger partial charge in [-0.1, -0.05) is 18.2 Å². The number of benzene rings is 2. The van der Waals surface area contributed by atoms with Crippen LogP contribution in [0.15, 0.2) is 47.3 Å². The van der Waals surface area contributed by atoms with E-state index in [1.165, 1.54) is 29.5 Å². The summed E-state index contributed by atoms with van der Waals surface area (Å²) in [5.74, 6) is -2.54. The van der Waals surface area contributed by atoms with Gasteiger partial charge in [-0.15, -0.1) is 0 Å². The van der Waals surface area contributed by atoms with Crippen molar-refractivity contribution in [2.45, 2.75) is 45.6 Å². The Morgan fingerprint density at radius 1 is 1.05 bits per heavy atom. The van der Waals surface area contributed by atoms with Crippen LogP contribution in [0, 0.1) is 19.7 Å². The molecule has 2 heterocycles. The smallest absolute Gasteiger partial charge is 0.264 e. The molecule has 2 aliphatic rings. The van der Waals surface area contributed by atoms with Gasteiger partial charge in [0.15, 0.2) is 0 Å². The second-order valence-electron chi connectivity index (χ2n) is 9.72. The van der Waals surface area contributed by atoms with Crippen molar-refractivity contribution in [2.75, 3.05) is 10.6 Å². The Morgan fingerprint density at radius 2 is 1.78 bits per heavy atom. The summed E-state index contributed by atoms with van der Waals surface area (Å²) in [5.41, 5.74) is 2.19. The minimum absolute atomic E-state index is 0.110. The molecule has 9 heteroatoms. The number of rotatable bonds is 5. The molecule has 8 nitrogen and oxygen atoms in total. The first-order valence-electron chi connectivity index (χ1n) is 12.1. The lowest BCUT2D eigenvalue weighted by molar-refractivity contribution is -0.130. The van der Waals surface area contributed by atoms with E-state index in [1.807, 2.05) is 0 Å². The lowest BCUT2D eigenvalue weighted by atomic mass is 9.81. The summed E-state index contributed by atoms with van der Waals surface area (Å²) in [7, 11) is 1.52. The van der Waals surface area contributed by atoms with Crippen molar-refractivity contribution in [3.05, 3.63) is 86.5 Å². The molecule has 0 bridgehead atoms. The molecule has 2 aromatic carbocycles. The molecule has 3 aromatic rings. The van der Waals surface area contributed by atoms with Crippen LogP contribution in [0.2, 0.25) is 0 Å². The predicted molar refractivity (Wildman–Crippen MR) is 138 cm³/mol. The first-order chi connectivity index (χ1) is 17.6. The van der Waals surface area contributed by atoms with Gasteiger partial charge in [0.2, 0.25) is 11.8 Å². The van der Waals surface area contributed by atoms with Gasteiger partial charge >= 0.3 is 0 Å². The van der Waals surface area contributed by atoms with Gasteiger partial charge < -0.3 is 10.6 Å². The van der Waals surface area contributed by atoms with E-state index >= 15 is 0 Å². The number of nitrogens with one attached hydrogen (secondary N) is 2. The Hall–Kier alpha value is -4.27. The number of hydrogen-bond donors (Lipinski definition) is 2. The molecule has 3 amide bonds. The van der Waals surface area contributed by atoms with E-state index in [9.17, 15) is 23.6 Å². The number of carbonyl (C=O) groups is 3. The highest BCUT2D eigenvalue weighted by Gasteiger charge is 2.48. The van der Waals surface area contributed by atoms with Crippen LogP contribution >= 0.6 is 0 Å². The van der Waals surface area contributed by atoms with E-state index in [4.69, 9.17) is 0 Å². The molecule has 37 heavy (non-hydrogen) atoms. The topological polar surface area (TPSA) is 101 Å². The quantitative estimate of drug-likeness (QED) is 0.512. The molecular formula is C28H27FN4O4. The highest BCUT2D eigenvalue weighted by Crippen LogP contribution is 2.43. The molecule has 1 saturated carbocycles. The molecule has 1 unspecified atom stereocenters. The number of nitrogens with zero attached hydrogens (tertiary/aromatic N) is 2. The maximum Gasteiger partial charge on any atom is 0.264 e. The summed E-state index contributed by atoms with van der Waals surface area (Å²) in [5, 5.41) is 5.69. The van der Waals surface area contributed by atoms with Crippen molar-refractivity contribution in [1.82, 2.24) is 9.47 Å². The van der Waals surface area contributed by atoms with Gasteiger partial charge in [-0.25, -0.2) is 4.39 Å². The Kier molecular flexibility index (Phi) is 5.94. The van der Waals surface area contributed by atoms with Crippen LogP contribution in [0.25, 0.3) is 0 Å². The fraction of sp³-hybridized carbons (Fsp3) is 0.286.